The van der Waals surface area contributed by atoms with Crippen molar-refractivity contribution >= 4 is 30.6 Å². The molecule has 0 saturated carbocycles. The number of hydrogen-bond donors (Lipinski definition) is 4. The Morgan fingerprint density at radius 2 is 2.12 bits per heavy atom. The normalized spacial score (nSPS) is 27.9. The Morgan fingerprint density at radius 3 is 2.79 bits per heavy atom. The lowest BCUT2D eigenvalue weighted by molar-refractivity contribution is -0.0501. The molecule has 12 heteroatoms. The predicted molar refractivity (Wildman–Crippen MR) is 83.2 cm³/mol. The zero-order valence-corrected chi connectivity index (χ0v) is 14.2. The van der Waals surface area contributed by atoms with Crippen molar-refractivity contribution in [3.8, 4) is 0 Å². The number of thioether (sulfide) groups is 1. The zero-order chi connectivity index (χ0) is 17.5. The molecule has 4 N–H and O–H groups in total. The highest BCUT2D eigenvalue weighted by molar-refractivity contribution is 7.98. The molecule has 10 nitrogen and oxygen atoms in total. The second-order valence-electron chi connectivity index (χ2n) is 5.18. The van der Waals surface area contributed by atoms with E-state index in [1.165, 1.54) is 18.1 Å². The van der Waals surface area contributed by atoms with Crippen molar-refractivity contribution in [3.05, 3.63) is 18.6 Å². The largest absolute Gasteiger partial charge is 0.469 e. The third-order valence-corrected chi connectivity index (χ3v) is 4.88. The fraction of sp³-hybridized carbons (Fsp3) is 0.500. The van der Waals surface area contributed by atoms with E-state index in [0.29, 0.717) is 5.65 Å². The number of aromatic nitrogens is 3. The lowest BCUT2D eigenvalue weighted by atomic mass is 10.1. The molecule has 132 valence electrons. The van der Waals surface area contributed by atoms with Crippen molar-refractivity contribution in [1.82, 2.24) is 14.5 Å². The van der Waals surface area contributed by atoms with Crippen molar-refractivity contribution in [2.45, 2.75) is 29.6 Å². The van der Waals surface area contributed by atoms with Gasteiger partial charge in [-0.2, -0.15) is 0 Å². The SMILES string of the molecule is CSc1ncnc2c1ccn2[C@@H]1O[C@H](COP(=O)(O)O)[C@H](O)[C@@H]1O. The van der Waals surface area contributed by atoms with Gasteiger partial charge in [0.25, 0.3) is 0 Å². The van der Waals surface area contributed by atoms with Crippen molar-refractivity contribution in [2.75, 3.05) is 12.9 Å². The van der Waals surface area contributed by atoms with E-state index in [2.05, 4.69) is 14.5 Å². The maximum absolute atomic E-state index is 10.8. The highest BCUT2D eigenvalue weighted by Gasteiger charge is 2.44. The average Bonchev–Trinajstić information content (AvgIpc) is 3.07. The molecule has 0 aromatic carbocycles. The second-order valence-corrected chi connectivity index (χ2v) is 7.21. The number of aliphatic hydroxyl groups is 2. The fourth-order valence-corrected chi connectivity index (χ4v) is 3.46. The van der Waals surface area contributed by atoms with Crippen LogP contribution in [0.1, 0.15) is 6.23 Å². The number of ether oxygens (including phenoxy) is 1. The van der Waals surface area contributed by atoms with E-state index >= 15 is 0 Å². The highest BCUT2D eigenvalue weighted by Crippen LogP contribution is 2.39. The van der Waals surface area contributed by atoms with Crippen LogP contribution in [-0.2, 0) is 13.8 Å². The standard InChI is InChI=1S/C12H16N3O7PS/c1-24-11-6-2-3-15(10(6)13-5-14-11)12-9(17)8(16)7(22-12)4-21-23(18,19)20/h2-3,5,7-9,12,16-17H,4H2,1H3,(H2,18,19,20)/t7-,8+,9+,12-/m1/s1. The van der Waals surface area contributed by atoms with Gasteiger partial charge in [-0.05, 0) is 12.3 Å². The molecule has 0 amide bonds. The fourth-order valence-electron chi connectivity index (χ4n) is 2.58. The zero-order valence-electron chi connectivity index (χ0n) is 12.5. The Balaban J connectivity index is 1.86. The molecule has 4 atom stereocenters. The molecule has 24 heavy (non-hydrogen) atoms. The summed E-state index contributed by atoms with van der Waals surface area (Å²) in [6, 6.07) is 1.77. The molecule has 0 bridgehead atoms. The summed E-state index contributed by atoms with van der Waals surface area (Å²) in [5.74, 6) is 0. The van der Waals surface area contributed by atoms with Crippen molar-refractivity contribution < 1.29 is 33.8 Å². The number of phosphoric ester groups is 1. The van der Waals surface area contributed by atoms with Gasteiger partial charge in [0.15, 0.2) is 6.23 Å². The molecule has 0 radical (unpaired) electrons. The minimum atomic E-state index is -4.70. The Morgan fingerprint density at radius 1 is 1.38 bits per heavy atom. The van der Waals surface area contributed by atoms with Crippen LogP contribution in [0.5, 0.6) is 0 Å². The maximum Gasteiger partial charge on any atom is 0.469 e. The molecular weight excluding hydrogens is 361 g/mol. The van der Waals surface area contributed by atoms with Crippen LogP contribution in [0, 0.1) is 0 Å². The van der Waals surface area contributed by atoms with Gasteiger partial charge in [-0.3, -0.25) is 4.52 Å². The van der Waals surface area contributed by atoms with Gasteiger partial charge in [0, 0.05) is 6.20 Å². The molecule has 2 aromatic rings. The lowest BCUT2D eigenvalue weighted by Crippen LogP contribution is -2.33. The summed E-state index contributed by atoms with van der Waals surface area (Å²) in [7, 11) is -4.70. The monoisotopic (exact) mass is 377 g/mol. The Hall–Kier alpha value is -1.04. The summed E-state index contributed by atoms with van der Waals surface area (Å²) < 4.78 is 22.2. The molecule has 3 rings (SSSR count). The number of fused-ring (bicyclic) bond motifs is 1. The third-order valence-electron chi connectivity index (χ3n) is 3.68. The van der Waals surface area contributed by atoms with E-state index < -0.39 is 39.0 Å². The minimum absolute atomic E-state index is 0.516. The first-order chi connectivity index (χ1) is 11.3. The maximum atomic E-state index is 10.8. The number of rotatable bonds is 5. The van der Waals surface area contributed by atoms with Crippen LogP contribution in [0.4, 0.5) is 0 Å². The topological polar surface area (TPSA) is 147 Å². The van der Waals surface area contributed by atoms with Gasteiger partial charge >= 0.3 is 7.82 Å². The van der Waals surface area contributed by atoms with Gasteiger partial charge in [-0.1, -0.05) is 0 Å². The van der Waals surface area contributed by atoms with Crippen LogP contribution in [0.2, 0.25) is 0 Å². The van der Waals surface area contributed by atoms with Crippen LogP contribution < -0.4 is 0 Å². The van der Waals surface area contributed by atoms with E-state index in [-0.39, 0.29) is 0 Å². The highest BCUT2D eigenvalue weighted by atomic mass is 32.2. The van der Waals surface area contributed by atoms with Crippen LogP contribution in [-0.4, -0.2) is 65.7 Å². The molecular formula is C12H16N3O7PS. The summed E-state index contributed by atoms with van der Waals surface area (Å²) in [5.41, 5.74) is 0.516. The van der Waals surface area contributed by atoms with Gasteiger partial charge in [0.2, 0.25) is 0 Å². The van der Waals surface area contributed by atoms with Crippen molar-refractivity contribution in [1.29, 1.82) is 0 Å². The first-order valence-corrected chi connectivity index (χ1v) is 9.64. The molecule has 0 spiro atoms. The molecule has 1 fully saturated rings. The number of phosphoric acid groups is 1. The van der Waals surface area contributed by atoms with Gasteiger partial charge in [-0.15, -0.1) is 11.8 Å². The van der Waals surface area contributed by atoms with Crippen LogP contribution >= 0.6 is 19.6 Å². The average molecular weight is 377 g/mol. The van der Waals surface area contributed by atoms with E-state index in [4.69, 9.17) is 14.5 Å². The third kappa shape index (κ3) is 3.35. The molecule has 0 unspecified atom stereocenters. The van der Waals surface area contributed by atoms with Gasteiger partial charge in [0.1, 0.15) is 35.3 Å². The van der Waals surface area contributed by atoms with E-state index in [1.54, 1.807) is 16.8 Å². The Bertz CT molecular complexity index is 781. The first kappa shape index (κ1) is 17.8. The van der Waals surface area contributed by atoms with Crippen molar-refractivity contribution in [3.63, 3.8) is 0 Å². The second kappa shape index (κ2) is 6.70. The summed E-state index contributed by atoms with van der Waals surface area (Å²) in [6.07, 6.45) is 0.186. The Kier molecular flexibility index (Phi) is 4.96. The molecule has 1 saturated heterocycles. The summed E-state index contributed by atoms with van der Waals surface area (Å²) >= 11 is 1.44. The number of aliphatic hydroxyl groups excluding tert-OH is 2. The Labute approximate surface area is 140 Å². The van der Waals surface area contributed by atoms with E-state index in [1.807, 2.05) is 6.26 Å². The van der Waals surface area contributed by atoms with Crippen molar-refractivity contribution in [2.24, 2.45) is 0 Å². The summed E-state index contributed by atoms with van der Waals surface area (Å²) in [4.78, 5) is 25.8. The summed E-state index contributed by atoms with van der Waals surface area (Å²) in [5, 5.41) is 21.8. The molecule has 3 heterocycles. The summed E-state index contributed by atoms with van der Waals surface area (Å²) in [6.45, 7) is -0.552. The number of hydrogen-bond acceptors (Lipinski definition) is 8. The predicted octanol–water partition coefficient (Wildman–Crippen LogP) is -0.118. The van der Waals surface area contributed by atoms with E-state index in [0.717, 1.165) is 10.4 Å². The quantitative estimate of drug-likeness (QED) is 0.316. The lowest BCUT2D eigenvalue weighted by Gasteiger charge is -2.17. The van der Waals surface area contributed by atoms with Gasteiger partial charge < -0.3 is 29.3 Å². The smallest absolute Gasteiger partial charge is 0.387 e. The molecule has 0 aliphatic carbocycles. The molecule has 1 aliphatic rings. The molecule has 1 aliphatic heterocycles. The van der Waals surface area contributed by atoms with Gasteiger partial charge in [0.05, 0.1) is 12.0 Å². The van der Waals surface area contributed by atoms with Crippen LogP contribution in [0.15, 0.2) is 23.6 Å². The molecule has 2 aromatic heterocycles. The van der Waals surface area contributed by atoms with Gasteiger partial charge in [-0.25, -0.2) is 14.5 Å². The number of nitrogens with zero attached hydrogens (tertiary/aromatic N) is 3. The first-order valence-electron chi connectivity index (χ1n) is 6.89. The minimum Gasteiger partial charge on any atom is -0.387 e. The van der Waals surface area contributed by atoms with Crippen LogP contribution in [0.25, 0.3) is 11.0 Å². The van der Waals surface area contributed by atoms with E-state index in [9.17, 15) is 14.8 Å². The van der Waals surface area contributed by atoms with Crippen LogP contribution in [0.3, 0.4) is 0 Å².